The van der Waals surface area contributed by atoms with Gasteiger partial charge in [0.05, 0.1) is 4.47 Å². The third kappa shape index (κ3) is 3.46. The van der Waals surface area contributed by atoms with Crippen LogP contribution in [0.5, 0.6) is 0 Å². The number of hydrogen-bond acceptors (Lipinski definition) is 1. The van der Waals surface area contributed by atoms with Crippen molar-refractivity contribution in [3.63, 3.8) is 0 Å². The van der Waals surface area contributed by atoms with Gasteiger partial charge in [-0.1, -0.05) is 17.7 Å². The lowest BCUT2D eigenvalue weighted by Crippen LogP contribution is -2.00. The molecule has 0 radical (unpaired) electrons. The molecule has 0 fully saturated rings. The molecule has 1 nitrogen and oxygen atoms in total. The summed E-state index contributed by atoms with van der Waals surface area (Å²) >= 11 is 12.4. The first-order valence-electron chi connectivity index (χ1n) is 5.19. The fraction of sp³-hybridized carbons (Fsp3) is 0.0769. The highest BCUT2D eigenvalue weighted by Crippen LogP contribution is 2.26. The first-order chi connectivity index (χ1) is 8.56. The highest BCUT2D eigenvalue weighted by atomic mass is 79.9. The zero-order chi connectivity index (χ0) is 13.1. The molecule has 2 rings (SSSR count). The Kier molecular flexibility index (Phi) is 4.65. The van der Waals surface area contributed by atoms with Crippen LogP contribution in [0, 0.1) is 5.82 Å². The van der Waals surface area contributed by atoms with Gasteiger partial charge in [0.1, 0.15) is 5.82 Å². The fourth-order valence-electron chi connectivity index (χ4n) is 1.48. The molecule has 94 valence electrons. The van der Waals surface area contributed by atoms with Gasteiger partial charge in [-0.25, -0.2) is 4.39 Å². The lowest BCUT2D eigenvalue weighted by molar-refractivity contribution is 0.619. The Bertz CT molecular complexity index is 575. The standard InChI is InChI=1S/C13H9Br2ClFN/c14-10-3-1-8(5-12(10)17)7-18-13-4-2-9(16)6-11(13)15/h1-6,18H,7H2. The predicted octanol–water partition coefficient (Wildman–Crippen LogP) is 5.62. The topological polar surface area (TPSA) is 12.0 Å². The monoisotopic (exact) mass is 391 g/mol. The Labute approximate surface area is 127 Å². The summed E-state index contributed by atoms with van der Waals surface area (Å²) in [5, 5.41) is 3.88. The van der Waals surface area contributed by atoms with E-state index in [4.69, 9.17) is 11.6 Å². The molecule has 2 aromatic carbocycles. The van der Waals surface area contributed by atoms with Gasteiger partial charge in [0.25, 0.3) is 0 Å². The molecule has 0 atom stereocenters. The van der Waals surface area contributed by atoms with Crippen LogP contribution in [0.4, 0.5) is 10.1 Å². The van der Waals surface area contributed by atoms with Crippen LogP contribution in [0.1, 0.15) is 5.56 Å². The van der Waals surface area contributed by atoms with Crippen molar-refractivity contribution in [1.82, 2.24) is 0 Å². The minimum absolute atomic E-state index is 0.260. The first kappa shape index (κ1) is 13.8. The van der Waals surface area contributed by atoms with Gasteiger partial charge >= 0.3 is 0 Å². The average molecular weight is 393 g/mol. The summed E-state index contributed by atoms with van der Waals surface area (Å²) in [6.45, 7) is 0.546. The van der Waals surface area contributed by atoms with E-state index in [2.05, 4.69) is 37.2 Å². The summed E-state index contributed by atoms with van der Waals surface area (Å²) in [4.78, 5) is 0. The van der Waals surface area contributed by atoms with Gasteiger partial charge in [-0.05, 0) is 67.8 Å². The number of benzene rings is 2. The largest absolute Gasteiger partial charge is 0.380 e. The molecule has 2 aromatic rings. The Balaban J connectivity index is 2.09. The van der Waals surface area contributed by atoms with Crippen LogP contribution in [0.3, 0.4) is 0 Å². The third-order valence-electron chi connectivity index (χ3n) is 2.40. The number of hydrogen-bond donors (Lipinski definition) is 1. The third-order valence-corrected chi connectivity index (χ3v) is 3.93. The number of rotatable bonds is 3. The minimum Gasteiger partial charge on any atom is -0.380 e. The Hall–Kier alpha value is -0.580. The van der Waals surface area contributed by atoms with E-state index in [1.807, 2.05) is 18.2 Å². The molecule has 0 amide bonds. The van der Waals surface area contributed by atoms with Gasteiger partial charge in [-0.15, -0.1) is 0 Å². The second kappa shape index (κ2) is 6.04. The summed E-state index contributed by atoms with van der Waals surface area (Å²) in [7, 11) is 0. The molecule has 18 heavy (non-hydrogen) atoms. The van der Waals surface area contributed by atoms with Crippen molar-refractivity contribution in [2.24, 2.45) is 0 Å². The van der Waals surface area contributed by atoms with Gasteiger partial charge in [-0.2, -0.15) is 0 Å². The van der Waals surface area contributed by atoms with Crippen molar-refractivity contribution >= 4 is 49.1 Å². The summed E-state index contributed by atoms with van der Waals surface area (Å²) in [6.07, 6.45) is 0. The minimum atomic E-state index is -0.260. The smallest absolute Gasteiger partial charge is 0.137 e. The van der Waals surface area contributed by atoms with Gasteiger partial charge in [-0.3, -0.25) is 0 Å². The molecule has 0 heterocycles. The highest BCUT2D eigenvalue weighted by Gasteiger charge is 2.03. The van der Waals surface area contributed by atoms with E-state index in [9.17, 15) is 4.39 Å². The normalized spacial score (nSPS) is 10.4. The fourth-order valence-corrected chi connectivity index (χ4v) is 2.55. The molecule has 0 unspecified atom stereocenters. The molecule has 0 bridgehead atoms. The van der Waals surface area contributed by atoms with Crippen LogP contribution in [0.2, 0.25) is 5.02 Å². The van der Waals surface area contributed by atoms with Gasteiger partial charge in [0, 0.05) is 21.7 Å². The van der Waals surface area contributed by atoms with Crippen LogP contribution in [0.15, 0.2) is 45.3 Å². The van der Waals surface area contributed by atoms with Crippen LogP contribution in [0.25, 0.3) is 0 Å². The van der Waals surface area contributed by atoms with Gasteiger partial charge in [0.2, 0.25) is 0 Å². The maximum Gasteiger partial charge on any atom is 0.137 e. The maximum absolute atomic E-state index is 13.3. The molecule has 0 aliphatic heterocycles. The summed E-state index contributed by atoms with van der Waals surface area (Å²) in [5.74, 6) is -0.260. The summed E-state index contributed by atoms with van der Waals surface area (Å²) in [6, 6.07) is 10.6. The van der Waals surface area contributed by atoms with E-state index in [-0.39, 0.29) is 5.82 Å². The van der Waals surface area contributed by atoms with E-state index in [0.29, 0.717) is 16.0 Å². The Morgan fingerprint density at radius 1 is 1.06 bits per heavy atom. The van der Waals surface area contributed by atoms with Crippen molar-refractivity contribution in [2.45, 2.75) is 6.54 Å². The molecule has 0 aromatic heterocycles. The van der Waals surface area contributed by atoms with Crippen LogP contribution in [-0.4, -0.2) is 0 Å². The summed E-state index contributed by atoms with van der Waals surface area (Å²) < 4.78 is 14.7. The van der Waals surface area contributed by atoms with Gasteiger partial charge < -0.3 is 5.32 Å². The zero-order valence-electron chi connectivity index (χ0n) is 9.18. The van der Waals surface area contributed by atoms with Crippen LogP contribution < -0.4 is 5.32 Å². The molecule has 0 saturated carbocycles. The van der Waals surface area contributed by atoms with Gasteiger partial charge in [0.15, 0.2) is 0 Å². The molecule has 0 aliphatic rings. The van der Waals surface area contributed by atoms with Crippen molar-refractivity contribution in [3.8, 4) is 0 Å². The van der Waals surface area contributed by atoms with Crippen molar-refractivity contribution in [3.05, 3.63) is 61.7 Å². The molecule has 0 spiro atoms. The van der Waals surface area contributed by atoms with E-state index >= 15 is 0 Å². The number of halogens is 4. The maximum atomic E-state index is 13.3. The lowest BCUT2D eigenvalue weighted by Gasteiger charge is -2.09. The molecule has 0 aliphatic carbocycles. The van der Waals surface area contributed by atoms with Crippen molar-refractivity contribution < 1.29 is 4.39 Å². The van der Waals surface area contributed by atoms with Crippen molar-refractivity contribution in [1.29, 1.82) is 0 Å². The van der Waals surface area contributed by atoms with Crippen molar-refractivity contribution in [2.75, 3.05) is 5.32 Å². The lowest BCUT2D eigenvalue weighted by atomic mass is 10.2. The number of anilines is 1. The second-order valence-electron chi connectivity index (χ2n) is 3.73. The van der Waals surface area contributed by atoms with E-state index < -0.39 is 0 Å². The van der Waals surface area contributed by atoms with Crippen LogP contribution in [-0.2, 0) is 6.54 Å². The van der Waals surface area contributed by atoms with E-state index in [1.165, 1.54) is 6.07 Å². The van der Waals surface area contributed by atoms with E-state index in [0.717, 1.165) is 15.7 Å². The first-order valence-corrected chi connectivity index (χ1v) is 7.15. The number of nitrogens with one attached hydrogen (secondary N) is 1. The quantitative estimate of drug-likeness (QED) is 0.714. The predicted molar refractivity (Wildman–Crippen MR) is 80.6 cm³/mol. The van der Waals surface area contributed by atoms with Crippen LogP contribution >= 0.6 is 43.5 Å². The van der Waals surface area contributed by atoms with E-state index in [1.54, 1.807) is 12.1 Å². The Morgan fingerprint density at radius 2 is 1.83 bits per heavy atom. The molecule has 1 N–H and O–H groups in total. The SMILES string of the molecule is Fc1cc(CNc2ccc(Cl)cc2Br)ccc1Br. The summed E-state index contributed by atoms with van der Waals surface area (Å²) in [5.41, 5.74) is 1.79. The second-order valence-corrected chi connectivity index (χ2v) is 5.87. The molecule has 0 saturated heterocycles. The average Bonchev–Trinajstić information content (AvgIpc) is 2.32. The molecular weight excluding hydrogens is 384 g/mol. The molecular formula is C13H9Br2ClFN. The zero-order valence-corrected chi connectivity index (χ0v) is 13.1. The Morgan fingerprint density at radius 3 is 2.50 bits per heavy atom. The molecule has 5 heteroatoms. The highest BCUT2D eigenvalue weighted by molar-refractivity contribution is 9.10.